The lowest BCUT2D eigenvalue weighted by Crippen LogP contribution is -2.00. The van der Waals surface area contributed by atoms with Gasteiger partial charge in [0.15, 0.2) is 0 Å². The van der Waals surface area contributed by atoms with Gasteiger partial charge < -0.3 is 9.26 Å². The third-order valence-electron chi connectivity index (χ3n) is 1.87. The largest absolute Gasteiger partial charge is 0.462 e. The smallest absolute Gasteiger partial charge is 0.397 e. The van der Waals surface area contributed by atoms with Crippen molar-refractivity contribution in [3.8, 4) is 11.4 Å². The summed E-state index contributed by atoms with van der Waals surface area (Å²) in [6, 6.07) is 5.66. The molecule has 2 aromatic rings. The maximum absolute atomic E-state index is 12.9. The predicted octanol–water partition coefficient (Wildman–Crippen LogP) is 1.66. The van der Waals surface area contributed by atoms with Gasteiger partial charge in [0.25, 0.3) is 0 Å². The SMILES string of the molecule is COC(=O)c1nc(-c2cccc(F)c2)no1. The van der Waals surface area contributed by atoms with Crippen molar-refractivity contribution in [2.75, 3.05) is 7.11 Å². The second-order valence-corrected chi connectivity index (χ2v) is 2.93. The molecular weight excluding hydrogens is 215 g/mol. The third kappa shape index (κ3) is 1.90. The van der Waals surface area contributed by atoms with E-state index < -0.39 is 11.8 Å². The summed E-state index contributed by atoms with van der Waals surface area (Å²) in [6.07, 6.45) is 0. The predicted molar refractivity (Wildman–Crippen MR) is 51.0 cm³/mol. The van der Waals surface area contributed by atoms with E-state index in [2.05, 4.69) is 19.4 Å². The average molecular weight is 222 g/mol. The van der Waals surface area contributed by atoms with Gasteiger partial charge in [0, 0.05) is 5.56 Å². The molecule has 0 amide bonds. The zero-order valence-electron chi connectivity index (χ0n) is 8.31. The van der Waals surface area contributed by atoms with Gasteiger partial charge >= 0.3 is 11.9 Å². The average Bonchev–Trinajstić information content (AvgIpc) is 2.77. The Morgan fingerprint density at radius 2 is 2.31 bits per heavy atom. The number of carbonyl (C=O) groups is 1. The van der Waals surface area contributed by atoms with Crippen LogP contribution in [0.3, 0.4) is 0 Å². The van der Waals surface area contributed by atoms with Crippen molar-refractivity contribution >= 4 is 5.97 Å². The number of halogens is 1. The summed E-state index contributed by atoms with van der Waals surface area (Å²) < 4.78 is 22.0. The quantitative estimate of drug-likeness (QED) is 0.723. The molecule has 1 aromatic carbocycles. The van der Waals surface area contributed by atoms with Crippen molar-refractivity contribution < 1.29 is 18.4 Å². The number of ether oxygens (including phenoxy) is 1. The van der Waals surface area contributed by atoms with Gasteiger partial charge in [0.2, 0.25) is 5.82 Å². The van der Waals surface area contributed by atoms with Gasteiger partial charge in [-0.05, 0) is 12.1 Å². The lowest BCUT2D eigenvalue weighted by atomic mass is 10.2. The monoisotopic (exact) mass is 222 g/mol. The molecule has 1 heterocycles. The Bertz CT molecular complexity index is 524. The summed E-state index contributed by atoms with van der Waals surface area (Å²) in [6.45, 7) is 0. The number of hydrogen-bond acceptors (Lipinski definition) is 5. The summed E-state index contributed by atoms with van der Waals surface area (Å²) in [5.74, 6) is -1.27. The van der Waals surface area contributed by atoms with Crippen LogP contribution in [0.15, 0.2) is 28.8 Å². The fraction of sp³-hybridized carbons (Fsp3) is 0.100. The van der Waals surface area contributed by atoms with Crippen LogP contribution in [-0.2, 0) is 4.74 Å². The molecule has 0 saturated heterocycles. The second-order valence-electron chi connectivity index (χ2n) is 2.93. The zero-order valence-corrected chi connectivity index (χ0v) is 8.31. The maximum Gasteiger partial charge on any atom is 0.397 e. The van der Waals surface area contributed by atoms with Gasteiger partial charge in [-0.25, -0.2) is 9.18 Å². The standard InChI is InChI=1S/C10H7FN2O3/c1-15-10(14)9-12-8(13-16-9)6-3-2-4-7(11)5-6/h2-5H,1H3. The van der Waals surface area contributed by atoms with Crippen LogP contribution in [0.4, 0.5) is 4.39 Å². The van der Waals surface area contributed by atoms with E-state index in [4.69, 9.17) is 0 Å². The highest BCUT2D eigenvalue weighted by molar-refractivity contribution is 5.84. The van der Waals surface area contributed by atoms with Crippen LogP contribution >= 0.6 is 0 Å². The normalized spacial score (nSPS) is 10.1. The Balaban J connectivity index is 2.35. The molecule has 0 aliphatic heterocycles. The molecule has 0 aliphatic rings. The van der Waals surface area contributed by atoms with Crippen LogP contribution in [0.1, 0.15) is 10.7 Å². The van der Waals surface area contributed by atoms with E-state index in [1.807, 2.05) is 0 Å². The van der Waals surface area contributed by atoms with Gasteiger partial charge in [-0.15, -0.1) is 0 Å². The van der Waals surface area contributed by atoms with E-state index in [1.165, 1.54) is 25.3 Å². The lowest BCUT2D eigenvalue weighted by molar-refractivity contribution is 0.0545. The van der Waals surface area contributed by atoms with Crippen LogP contribution in [0.2, 0.25) is 0 Å². The number of esters is 1. The number of methoxy groups -OCH3 is 1. The highest BCUT2D eigenvalue weighted by Gasteiger charge is 2.16. The third-order valence-corrected chi connectivity index (χ3v) is 1.87. The first-order chi connectivity index (χ1) is 7.70. The van der Waals surface area contributed by atoms with E-state index in [9.17, 15) is 9.18 Å². The zero-order chi connectivity index (χ0) is 11.5. The van der Waals surface area contributed by atoms with Gasteiger partial charge in [0.05, 0.1) is 7.11 Å². The summed E-state index contributed by atoms with van der Waals surface area (Å²) in [4.78, 5) is 14.8. The minimum absolute atomic E-state index is 0.139. The Morgan fingerprint density at radius 3 is 3.00 bits per heavy atom. The molecule has 0 aliphatic carbocycles. The molecule has 0 bridgehead atoms. The lowest BCUT2D eigenvalue weighted by Gasteiger charge is -1.92. The first kappa shape index (κ1) is 10.3. The topological polar surface area (TPSA) is 65.2 Å². The number of benzene rings is 1. The Morgan fingerprint density at radius 1 is 1.50 bits per heavy atom. The minimum Gasteiger partial charge on any atom is -0.462 e. The number of hydrogen-bond donors (Lipinski definition) is 0. The molecule has 0 atom stereocenters. The molecule has 1 aromatic heterocycles. The first-order valence-electron chi connectivity index (χ1n) is 4.38. The molecule has 5 nitrogen and oxygen atoms in total. The second kappa shape index (κ2) is 4.09. The molecule has 0 spiro atoms. The van der Waals surface area contributed by atoms with E-state index >= 15 is 0 Å². The molecule has 0 unspecified atom stereocenters. The van der Waals surface area contributed by atoms with Crippen LogP contribution in [0.25, 0.3) is 11.4 Å². The number of carbonyl (C=O) groups excluding carboxylic acids is 1. The van der Waals surface area contributed by atoms with Gasteiger partial charge in [0.1, 0.15) is 5.82 Å². The minimum atomic E-state index is -0.727. The van der Waals surface area contributed by atoms with Gasteiger partial charge in [-0.1, -0.05) is 17.3 Å². The summed E-state index contributed by atoms with van der Waals surface area (Å²) in [5, 5.41) is 3.54. The fourth-order valence-electron chi connectivity index (χ4n) is 1.14. The van der Waals surface area contributed by atoms with E-state index in [0.29, 0.717) is 5.56 Å². The summed E-state index contributed by atoms with van der Waals surface area (Å²) >= 11 is 0. The fourth-order valence-corrected chi connectivity index (χ4v) is 1.14. The van der Waals surface area contributed by atoms with Gasteiger partial charge in [-0.3, -0.25) is 0 Å². The van der Waals surface area contributed by atoms with E-state index in [-0.39, 0.29) is 11.7 Å². The highest BCUT2D eigenvalue weighted by atomic mass is 19.1. The van der Waals surface area contributed by atoms with Crippen LogP contribution in [-0.4, -0.2) is 23.2 Å². The highest BCUT2D eigenvalue weighted by Crippen LogP contribution is 2.16. The first-order valence-corrected chi connectivity index (χ1v) is 4.38. The molecule has 6 heteroatoms. The van der Waals surface area contributed by atoms with Crippen LogP contribution in [0.5, 0.6) is 0 Å². The molecule has 0 fully saturated rings. The van der Waals surface area contributed by atoms with Crippen molar-refractivity contribution in [2.24, 2.45) is 0 Å². The van der Waals surface area contributed by atoms with Crippen molar-refractivity contribution in [1.82, 2.24) is 10.1 Å². The van der Waals surface area contributed by atoms with E-state index in [1.54, 1.807) is 6.07 Å². The number of nitrogens with zero attached hydrogens (tertiary/aromatic N) is 2. The van der Waals surface area contributed by atoms with Crippen molar-refractivity contribution in [2.45, 2.75) is 0 Å². The summed E-state index contributed by atoms with van der Waals surface area (Å²) in [5.41, 5.74) is 0.430. The van der Waals surface area contributed by atoms with E-state index in [0.717, 1.165) is 0 Å². The Hall–Kier alpha value is -2.24. The maximum atomic E-state index is 12.9. The Kier molecular flexibility index (Phi) is 2.63. The van der Waals surface area contributed by atoms with Crippen molar-refractivity contribution in [3.05, 3.63) is 36.0 Å². The van der Waals surface area contributed by atoms with Crippen molar-refractivity contribution in [3.63, 3.8) is 0 Å². The van der Waals surface area contributed by atoms with Crippen LogP contribution < -0.4 is 0 Å². The molecule has 16 heavy (non-hydrogen) atoms. The van der Waals surface area contributed by atoms with Gasteiger partial charge in [-0.2, -0.15) is 4.98 Å². The van der Waals surface area contributed by atoms with Crippen molar-refractivity contribution in [1.29, 1.82) is 0 Å². The molecule has 82 valence electrons. The molecule has 0 radical (unpaired) electrons. The van der Waals surface area contributed by atoms with Crippen LogP contribution in [0, 0.1) is 5.82 Å². The summed E-state index contributed by atoms with van der Waals surface area (Å²) in [7, 11) is 1.20. The number of rotatable bonds is 2. The molecular formula is C10H7FN2O3. The molecule has 0 saturated carbocycles. The molecule has 0 N–H and O–H groups in total. The number of aromatic nitrogens is 2. The Labute approximate surface area is 89.8 Å². The molecule has 2 rings (SSSR count).